The second-order valence-corrected chi connectivity index (χ2v) is 7.33. The normalized spacial score (nSPS) is 11.7. The van der Waals surface area contributed by atoms with Crippen LogP contribution < -0.4 is 5.32 Å². The van der Waals surface area contributed by atoms with Crippen molar-refractivity contribution in [3.8, 4) is 0 Å². The van der Waals surface area contributed by atoms with Crippen molar-refractivity contribution < 1.29 is 8.42 Å². The Kier molecular flexibility index (Phi) is 5.98. The smallest absolute Gasteiger partial charge is 0.244 e. The molecule has 1 aromatic heterocycles. The lowest BCUT2D eigenvalue weighted by atomic mass is 10.2. The van der Waals surface area contributed by atoms with Gasteiger partial charge in [-0.2, -0.15) is 4.31 Å². The Morgan fingerprint density at radius 2 is 1.91 bits per heavy atom. The number of hydrogen-bond acceptors (Lipinski definition) is 4. The highest BCUT2D eigenvalue weighted by Gasteiger charge is 2.21. The van der Waals surface area contributed by atoms with Crippen LogP contribution in [0, 0.1) is 0 Å². The van der Waals surface area contributed by atoms with Gasteiger partial charge in [-0.1, -0.05) is 37.6 Å². The molecule has 0 aliphatic rings. The average Bonchev–Trinajstić information content (AvgIpc) is 2.54. The van der Waals surface area contributed by atoms with Crippen molar-refractivity contribution in [2.24, 2.45) is 0 Å². The molecule has 0 fully saturated rings. The Morgan fingerprint density at radius 1 is 1.17 bits per heavy atom. The Hall–Kier alpha value is -1.63. The summed E-state index contributed by atoms with van der Waals surface area (Å²) >= 11 is 5.94. The van der Waals surface area contributed by atoms with Crippen LogP contribution in [0.1, 0.15) is 19.4 Å². The first-order valence-electron chi connectivity index (χ1n) is 7.42. The molecule has 124 valence electrons. The first-order valence-corrected chi connectivity index (χ1v) is 9.23. The van der Waals surface area contributed by atoms with Crippen LogP contribution in [0.5, 0.6) is 0 Å². The molecule has 2 rings (SSSR count). The summed E-state index contributed by atoms with van der Waals surface area (Å²) in [5.74, 6) is 0.614. The molecule has 0 aliphatic carbocycles. The molecule has 0 saturated carbocycles. The summed E-state index contributed by atoms with van der Waals surface area (Å²) in [5, 5.41) is 3.82. The summed E-state index contributed by atoms with van der Waals surface area (Å²) in [4.78, 5) is 4.39. The van der Waals surface area contributed by atoms with Crippen molar-refractivity contribution in [3.63, 3.8) is 0 Å². The Balaban J connectivity index is 2.08. The van der Waals surface area contributed by atoms with Crippen LogP contribution in [0.4, 0.5) is 5.82 Å². The van der Waals surface area contributed by atoms with E-state index >= 15 is 0 Å². The van der Waals surface area contributed by atoms with Crippen LogP contribution >= 0.6 is 11.6 Å². The van der Waals surface area contributed by atoms with E-state index in [0.29, 0.717) is 30.5 Å². The maximum absolute atomic E-state index is 12.4. The number of pyridine rings is 1. The number of aromatic nitrogens is 1. The maximum atomic E-state index is 12.4. The van der Waals surface area contributed by atoms with Gasteiger partial charge in [0, 0.05) is 30.9 Å². The Labute approximate surface area is 142 Å². The van der Waals surface area contributed by atoms with Crippen molar-refractivity contribution in [1.29, 1.82) is 0 Å². The lowest BCUT2D eigenvalue weighted by molar-refractivity contribution is 0.445. The number of halogens is 1. The van der Waals surface area contributed by atoms with E-state index in [9.17, 15) is 8.42 Å². The van der Waals surface area contributed by atoms with Crippen molar-refractivity contribution in [2.45, 2.75) is 25.3 Å². The van der Waals surface area contributed by atoms with Crippen molar-refractivity contribution in [2.75, 3.05) is 18.4 Å². The molecule has 0 bridgehead atoms. The van der Waals surface area contributed by atoms with Crippen LogP contribution in [0.2, 0.25) is 5.02 Å². The van der Waals surface area contributed by atoms with Gasteiger partial charge in [-0.05, 0) is 29.8 Å². The minimum Gasteiger partial charge on any atom is -0.366 e. The number of benzene rings is 1. The first-order chi connectivity index (χ1) is 11.0. The molecule has 0 amide bonds. The van der Waals surface area contributed by atoms with Crippen LogP contribution in [-0.2, 0) is 16.6 Å². The lowest BCUT2D eigenvalue weighted by Crippen LogP contribution is -2.30. The van der Waals surface area contributed by atoms with Crippen molar-refractivity contribution in [3.05, 3.63) is 53.2 Å². The molecule has 7 heteroatoms. The first kappa shape index (κ1) is 17.7. The highest BCUT2D eigenvalue weighted by atomic mass is 35.5. The maximum Gasteiger partial charge on any atom is 0.244 e. The molecule has 23 heavy (non-hydrogen) atoms. The van der Waals surface area contributed by atoms with Gasteiger partial charge in [0.2, 0.25) is 10.0 Å². The molecule has 1 N–H and O–H groups in total. The number of nitrogens with zero attached hydrogens (tertiary/aromatic N) is 2. The van der Waals surface area contributed by atoms with Gasteiger partial charge in [-0.15, -0.1) is 0 Å². The van der Waals surface area contributed by atoms with Crippen LogP contribution in [0.3, 0.4) is 0 Å². The number of nitrogens with one attached hydrogen (secondary N) is 1. The van der Waals surface area contributed by atoms with Crippen molar-refractivity contribution >= 4 is 27.4 Å². The molecule has 2 aromatic rings. The van der Waals surface area contributed by atoms with E-state index in [4.69, 9.17) is 11.6 Å². The standard InChI is InChI=1S/C16H20ClN3O2S/c1-3-20(4-2)23(21,22)15-8-9-16(19-12-15)18-11-13-6-5-7-14(17)10-13/h5-10,12H,3-4,11H2,1-2H3,(H,18,19). The van der Waals surface area contributed by atoms with E-state index in [1.165, 1.54) is 10.5 Å². The van der Waals surface area contributed by atoms with Crippen LogP contribution in [0.25, 0.3) is 0 Å². The molecular formula is C16H20ClN3O2S. The summed E-state index contributed by atoms with van der Waals surface area (Å²) in [6.45, 7) is 5.07. The molecular weight excluding hydrogens is 334 g/mol. The highest BCUT2D eigenvalue weighted by Crippen LogP contribution is 2.17. The van der Waals surface area contributed by atoms with E-state index in [0.717, 1.165) is 5.56 Å². The van der Waals surface area contributed by atoms with Gasteiger partial charge in [-0.3, -0.25) is 0 Å². The highest BCUT2D eigenvalue weighted by molar-refractivity contribution is 7.89. The largest absolute Gasteiger partial charge is 0.366 e. The molecule has 5 nitrogen and oxygen atoms in total. The van der Waals surface area contributed by atoms with Crippen LogP contribution in [0.15, 0.2) is 47.5 Å². The minimum absolute atomic E-state index is 0.203. The quantitative estimate of drug-likeness (QED) is 0.828. The third-order valence-corrected chi connectivity index (χ3v) is 5.71. The average molecular weight is 354 g/mol. The van der Waals surface area contributed by atoms with E-state index in [1.807, 2.05) is 38.1 Å². The van der Waals surface area contributed by atoms with Gasteiger partial charge in [-0.25, -0.2) is 13.4 Å². The van der Waals surface area contributed by atoms with Crippen molar-refractivity contribution in [1.82, 2.24) is 9.29 Å². The molecule has 1 aromatic carbocycles. The predicted molar refractivity (Wildman–Crippen MR) is 93.1 cm³/mol. The number of rotatable bonds is 7. The third-order valence-electron chi connectivity index (χ3n) is 3.44. The molecule has 0 saturated heterocycles. The summed E-state index contributed by atoms with van der Waals surface area (Å²) in [6, 6.07) is 10.8. The zero-order valence-corrected chi connectivity index (χ0v) is 14.7. The van der Waals surface area contributed by atoms with E-state index in [2.05, 4.69) is 10.3 Å². The topological polar surface area (TPSA) is 62.3 Å². The Morgan fingerprint density at radius 3 is 2.48 bits per heavy atom. The van der Waals surface area contributed by atoms with E-state index in [-0.39, 0.29) is 4.90 Å². The van der Waals surface area contributed by atoms with Gasteiger partial charge in [0.25, 0.3) is 0 Å². The van der Waals surface area contributed by atoms with Gasteiger partial charge >= 0.3 is 0 Å². The summed E-state index contributed by atoms with van der Waals surface area (Å²) < 4.78 is 26.2. The van der Waals surface area contributed by atoms with E-state index in [1.54, 1.807) is 12.1 Å². The monoisotopic (exact) mass is 353 g/mol. The zero-order valence-electron chi connectivity index (χ0n) is 13.2. The summed E-state index contributed by atoms with van der Waals surface area (Å²) in [7, 11) is -3.47. The molecule has 0 radical (unpaired) electrons. The fourth-order valence-electron chi connectivity index (χ4n) is 2.19. The molecule has 0 spiro atoms. The zero-order chi connectivity index (χ0) is 16.9. The SMILES string of the molecule is CCN(CC)S(=O)(=O)c1ccc(NCc2cccc(Cl)c2)nc1. The second-order valence-electron chi connectivity index (χ2n) is 4.95. The molecule has 0 unspecified atom stereocenters. The lowest BCUT2D eigenvalue weighted by Gasteiger charge is -2.18. The summed E-state index contributed by atoms with van der Waals surface area (Å²) in [6.07, 6.45) is 1.38. The number of anilines is 1. The predicted octanol–water partition coefficient (Wildman–Crippen LogP) is 3.38. The molecule has 0 atom stereocenters. The van der Waals surface area contributed by atoms with Crippen LogP contribution in [-0.4, -0.2) is 30.8 Å². The molecule has 1 heterocycles. The minimum atomic E-state index is -3.47. The van der Waals surface area contributed by atoms with Gasteiger partial charge in [0.05, 0.1) is 0 Å². The second kappa shape index (κ2) is 7.77. The Bertz CT molecular complexity index is 744. The number of sulfonamides is 1. The van der Waals surface area contributed by atoms with Gasteiger partial charge in [0.15, 0.2) is 0 Å². The summed E-state index contributed by atoms with van der Waals surface area (Å²) in [5.41, 5.74) is 1.03. The fraction of sp³-hybridized carbons (Fsp3) is 0.312. The van der Waals surface area contributed by atoms with Gasteiger partial charge < -0.3 is 5.32 Å². The fourth-order valence-corrected chi connectivity index (χ4v) is 3.81. The molecule has 0 aliphatic heterocycles. The number of hydrogen-bond donors (Lipinski definition) is 1. The van der Waals surface area contributed by atoms with E-state index < -0.39 is 10.0 Å². The van der Waals surface area contributed by atoms with Gasteiger partial charge in [0.1, 0.15) is 10.7 Å². The third kappa shape index (κ3) is 4.43.